The highest BCUT2D eigenvalue weighted by molar-refractivity contribution is 6.09. The maximum absolute atomic E-state index is 11.0. The monoisotopic (exact) mass is 382 g/mol. The van der Waals surface area contributed by atoms with Crippen LogP contribution in [-0.4, -0.2) is 43.7 Å². The van der Waals surface area contributed by atoms with Crippen LogP contribution in [0.5, 0.6) is 5.75 Å². The third kappa shape index (κ3) is 5.63. The zero-order valence-corrected chi connectivity index (χ0v) is 16.9. The number of aldehydes is 1. The van der Waals surface area contributed by atoms with E-state index in [2.05, 4.69) is 22.5 Å². The summed E-state index contributed by atoms with van der Waals surface area (Å²) >= 11 is 0. The van der Waals surface area contributed by atoms with Crippen molar-refractivity contribution in [3.63, 3.8) is 0 Å². The molecule has 0 saturated heterocycles. The molecule has 1 aromatic carbocycles. The minimum absolute atomic E-state index is 0.0712. The normalized spacial score (nSPS) is 13.8. The van der Waals surface area contributed by atoms with E-state index in [4.69, 9.17) is 10.1 Å². The Labute approximate surface area is 166 Å². The van der Waals surface area contributed by atoms with Crippen molar-refractivity contribution in [1.29, 1.82) is 5.41 Å². The summed E-state index contributed by atoms with van der Waals surface area (Å²) in [6, 6.07) is 7.77. The Kier molecular flexibility index (Phi) is 8.62. The molecule has 3 N–H and O–H groups in total. The number of carbonyl (C=O) groups excluding carboxylic acids is 1. The average molecular weight is 383 g/mol. The lowest BCUT2D eigenvalue weighted by Crippen LogP contribution is -2.32. The standard InChI is InChI=1S/C22H30N4O2/c1-4-8-25-15-19(13-23)18-11-21-20(6-5-9-26-21)22(12-18)28-16(2)17(7-10-27)14-24-3/h5-6,9-13,15-17,23-25H,4,7-8,14H2,1-3H3/b19-15+,23-13?. The fourth-order valence-corrected chi connectivity index (χ4v) is 3.07. The predicted molar refractivity (Wildman–Crippen MR) is 115 cm³/mol. The topological polar surface area (TPSA) is 87.1 Å². The number of rotatable bonds is 12. The zero-order valence-electron chi connectivity index (χ0n) is 16.9. The van der Waals surface area contributed by atoms with E-state index >= 15 is 0 Å². The maximum atomic E-state index is 11.0. The molecule has 0 aliphatic rings. The number of pyridine rings is 1. The first-order chi connectivity index (χ1) is 13.6. The molecule has 0 aliphatic carbocycles. The predicted octanol–water partition coefficient (Wildman–Crippen LogP) is 3.42. The number of allylic oxidation sites excluding steroid dienone is 1. The van der Waals surface area contributed by atoms with Crippen LogP contribution in [0.25, 0.3) is 16.5 Å². The van der Waals surface area contributed by atoms with Crippen molar-refractivity contribution in [2.75, 3.05) is 20.1 Å². The number of nitrogens with zero attached hydrogens (tertiary/aromatic N) is 1. The van der Waals surface area contributed by atoms with Gasteiger partial charge in [-0.05, 0) is 50.2 Å². The molecule has 2 rings (SSSR count). The van der Waals surface area contributed by atoms with Gasteiger partial charge in [-0.2, -0.15) is 0 Å². The van der Waals surface area contributed by atoms with Crippen molar-refractivity contribution in [1.82, 2.24) is 15.6 Å². The number of hydrogen-bond acceptors (Lipinski definition) is 6. The molecule has 1 heterocycles. The summed E-state index contributed by atoms with van der Waals surface area (Å²) in [7, 11) is 1.87. The van der Waals surface area contributed by atoms with Crippen molar-refractivity contribution in [2.24, 2.45) is 5.92 Å². The van der Waals surface area contributed by atoms with E-state index in [9.17, 15) is 4.79 Å². The summed E-state index contributed by atoms with van der Waals surface area (Å²) in [6.07, 6.45) is 7.16. The van der Waals surface area contributed by atoms with Gasteiger partial charge < -0.3 is 25.6 Å². The quantitative estimate of drug-likeness (QED) is 0.297. The van der Waals surface area contributed by atoms with Gasteiger partial charge in [0.25, 0.3) is 0 Å². The van der Waals surface area contributed by atoms with Crippen molar-refractivity contribution in [3.8, 4) is 5.75 Å². The van der Waals surface area contributed by atoms with Crippen molar-refractivity contribution in [2.45, 2.75) is 32.8 Å². The van der Waals surface area contributed by atoms with Gasteiger partial charge in [0.05, 0.1) is 5.52 Å². The van der Waals surface area contributed by atoms with Crippen molar-refractivity contribution < 1.29 is 9.53 Å². The molecule has 0 radical (unpaired) electrons. The average Bonchev–Trinajstić information content (AvgIpc) is 2.71. The Hall–Kier alpha value is -2.73. The lowest BCUT2D eigenvalue weighted by Gasteiger charge is -2.24. The molecule has 0 spiro atoms. The van der Waals surface area contributed by atoms with Crippen LogP contribution in [0.15, 0.2) is 36.7 Å². The number of aromatic nitrogens is 1. The summed E-state index contributed by atoms with van der Waals surface area (Å²) in [6.45, 7) is 5.62. The number of ether oxygens (including phenoxy) is 1. The van der Waals surface area contributed by atoms with Crippen LogP contribution in [0.1, 0.15) is 32.3 Å². The van der Waals surface area contributed by atoms with Crippen molar-refractivity contribution in [3.05, 3.63) is 42.2 Å². The van der Waals surface area contributed by atoms with Crippen LogP contribution >= 0.6 is 0 Å². The zero-order chi connectivity index (χ0) is 20.4. The molecule has 0 saturated carbocycles. The number of carbonyl (C=O) groups is 1. The first kappa shape index (κ1) is 21.6. The molecular formula is C22H30N4O2. The summed E-state index contributed by atoms with van der Waals surface area (Å²) in [5, 5.41) is 15.1. The molecule has 28 heavy (non-hydrogen) atoms. The third-order valence-electron chi connectivity index (χ3n) is 4.67. The van der Waals surface area contributed by atoms with E-state index in [0.29, 0.717) is 18.7 Å². The SMILES string of the molecule is CCCN/C=C(\C=N)c1cc(OC(C)C(CC=O)CNC)c2cccnc2c1. The van der Waals surface area contributed by atoms with Gasteiger partial charge in [0, 0.05) is 55.0 Å². The Morgan fingerprint density at radius 3 is 2.89 bits per heavy atom. The first-order valence-corrected chi connectivity index (χ1v) is 9.72. The van der Waals surface area contributed by atoms with Crippen LogP contribution in [0.2, 0.25) is 0 Å². The Morgan fingerprint density at radius 1 is 1.39 bits per heavy atom. The van der Waals surface area contributed by atoms with Crippen LogP contribution in [-0.2, 0) is 4.79 Å². The second-order valence-electron chi connectivity index (χ2n) is 6.79. The summed E-state index contributed by atoms with van der Waals surface area (Å²) in [5.41, 5.74) is 2.44. The lowest BCUT2D eigenvalue weighted by molar-refractivity contribution is -0.109. The van der Waals surface area contributed by atoms with E-state index in [0.717, 1.165) is 41.3 Å². The van der Waals surface area contributed by atoms with Gasteiger partial charge in [-0.1, -0.05) is 6.92 Å². The molecular weight excluding hydrogens is 352 g/mol. The maximum Gasteiger partial charge on any atom is 0.129 e. The van der Waals surface area contributed by atoms with E-state index in [1.165, 1.54) is 6.21 Å². The molecule has 150 valence electrons. The second kappa shape index (κ2) is 11.2. The van der Waals surface area contributed by atoms with E-state index in [1.807, 2.05) is 44.4 Å². The van der Waals surface area contributed by atoms with Gasteiger partial charge in [-0.25, -0.2) is 0 Å². The second-order valence-corrected chi connectivity index (χ2v) is 6.79. The molecule has 0 bridgehead atoms. The number of nitrogens with one attached hydrogen (secondary N) is 3. The van der Waals surface area contributed by atoms with Crippen LogP contribution in [0.3, 0.4) is 0 Å². The van der Waals surface area contributed by atoms with Gasteiger partial charge in [0.15, 0.2) is 0 Å². The van der Waals surface area contributed by atoms with Crippen LogP contribution < -0.4 is 15.4 Å². The fraction of sp³-hybridized carbons (Fsp3) is 0.409. The van der Waals surface area contributed by atoms with E-state index < -0.39 is 0 Å². The Morgan fingerprint density at radius 2 is 2.21 bits per heavy atom. The Balaban J connectivity index is 2.41. The highest BCUT2D eigenvalue weighted by Crippen LogP contribution is 2.30. The molecule has 2 unspecified atom stereocenters. The lowest BCUT2D eigenvalue weighted by atomic mass is 9.99. The van der Waals surface area contributed by atoms with Gasteiger partial charge in [0.1, 0.15) is 18.1 Å². The largest absolute Gasteiger partial charge is 0.490 e. The van der Waals surface area contributed by atoms with Gasteiger partial charge in [-0.3, -0.25) is 4.98 Å². The molecule has 2 atom stereocenters. The molecule has 1 aromatic heterocycles. The highest BCUT2D eigenvalue weighted by atomic mass is 16.5. The molecule has 6 nitrogen and oxygen atoms in total. The summed E-state index contributed by atoms with van der Waals surface area (Å²) in [5.74, 6) is 0.783. The third-order valence-corrected chi connectivity index (χ3v) is 4.67. The number of fused-ring (bicyclic) bond motifs is 1. The van der Waals surface area contributed by atoms with E-state index in [1.54, 1.807) is 6.20 Å². The number of benzene rings is 1. The minimum atomic E-state index is -0.151. The molecule has 0 amide bonds. The number of hydrogen-bond donors (Lipinski definition) is 3. The van der Waals surface area contributed by atoms with Gasteiger partial charge >= 0.3 is 0 Å². The first-order valence-electron chi connectivity index (χ1n) is 9.72. The fourth-order valence-electron chi connectivity index (χ4n) is 3.07. The molecule has 0 aliphatic heterocycles. The van der Waals surface area contributed by atoms with E-state index in [-0.39, 0.29) is 12.0 Å². The molecule has 6 heteroatoms. The Bertz CT molecular complexity index is 819. The highest BCUT2D eigenvalue weighted by Gasteiger charge is 2.19. The van der Waals surface area contributed by atoms with Gasteiger partial charge in [-0.15, -0.1) is 0 Å². The summed E-state index contributed by atoms with van der Waals surface area (Å²) < 4.78 is 6.29. The van der Waals surface area contributed by atoms with Crippen LogP contribution in [0.4, 0.5) is 0 Å². The minimum Gasteiger partial charge on any atom is -0.490 e. The summed E-state index contributed by atoms with van der Waals surface area (Å²) in [4.78, 5) is 15.5. The molecule has 2 aromatic rings. The molecule has 0 fully saturated rings. The van der Waals surface area contributed by atoms with Crippen LogP contribution in [0, 0.1) is 11.3 Å². The van der Waals surface area contributed by atoms with Gasteiger partial charge in [0.2, 0.25) is 0 Å². The smallest absolute Gasteiger partial charge is 0.129 e. The van der Waals surface area contributed by atoms with Crippen molar-refractivity contribution >= 4 is 29.0 Å².